The van der Waals surface area contributed by atoms with Gasteiger partial charge < -0.3 is 9.64 Å². The third kappa shape index (κ3) is 5.63. The maximum Gasteiger partial charge on any atom is 0.261 e. The van der Waals surface area contributed by atoms with Crippen LogP contribution in [0.15, 0.2) is 66.2 Å². The summed E-state index contributed by atoms with van der Waals surface area (Å²) < 4.78 is 5.66. The predicted molar refractivity (Wildman–Crippen MR) is 127 cm³/mol. The largest absolute Gasteiger partial charge is 0.484 e. The Morgan fingerprint density at radius 2 is 1.82 bits per heavy atom. The topological polar surface area (TPSA) is 66.9 Å². The summed E-state index contributed by atoms with van der Waals surface area (Å²) in [7, 11) is 0. The van der Waals surface area contributed by atoms with Gasteiger partial charge in [0.2, 0.25) is 5.91 Å². The van der Waals surface area contributed by atoms with Crippen LogP contribution in [0.5, 0.6) is 5.75 Å². The van der Waals surface area contributed by atoms with Crippen molar-refractivity contribution in [1.82, 2.24) is 4.90 Å². The van der Waals surface area contributed by atoms with Crippen LogP contribution in [0.4, 0.5) is 5.69 Å². The summed E-state index contributed by atoms with van der Waals surface area (Å²) in [6, 6.07) is 14.8. The molecule has 1 atom stereocenters. The van der Waals surface area contributed by atoms with Crippen LogP contribution in [0, 0.1) is 0 Å². The minimum atomic E-state index is -0.843. The van der Waals surface area contributed by atoms with E-state index in [-0.39, 0.29) is 24.8 Å². The molecule has 2 aliphatic rings. The Morgan fingerprint density at radius 1 is 1.06 bits per heavy atom. The zero-order valence-corrected chi connectivity index (χ0v) is 19.2. The number of imide groups is 1. The number of ether oxygens (including phenoxy) is 1. The first-order valence-electron chi connectivity index (χ1n) is 11.3. The molecule has 172 valence electrons. The second-order valence-electron chi connectivity index (χ2n) is 8.31. The Kier molecular flexibility index (Phi) is 7.45. The minimum absolute atomic E-state index is 0.0441. The van der Waals surface area contributed by atoms with Crippen LogP contribution < -0.4 is 9.64 Å². The highest BCUT2D eigenvalue weighted by Crippen LogP contribution is 2.28. The van der Waals surface area contributed by atoms with Gasteiger partial charge in [0.25, 0.3) is 11.8 Å². The number of nitrogens with zero attached hydrogens (tertiary/aromatic N) is 2. The van der Waals surface area contributed by atoms with E-state index >= 15 is 0 Å². The number of halogens is 1. The Morgan fingerprint density at radius 3 is 2.52 bits per heavy atom. The maximum absolute atomic E-state index is 13.3. The average Bonchev–Trinajstić information content (AvgIpc) is 3.13. The first-order valence-corrected chi connectivity index (χ1v) is 11.7. The van der Waals surface area contributed by atoms with Gasteiger partial charge in [-0.15, -0.1) is 0 Å². The molecular formula is C26H27ClN2O4. The van der Waals surface area contributed by atoms with E-state index in [4.69, 9.17) is 16.3 Å². The van der Waals surface area contributed by atoms with Crippen molar-refractivity contribution in [3.63, 3.8) is 0 Å². The molecule has 7 heteroatoms. The highest BCUT2D eigenvalue weighted by atomic mass is 35.5. The fraction of sp³-hybridized carbons (Fsp3) is 0.346. The van der Waals surface area contributed by atoms with E-state index < -0.39 is 11.9 Å². The molecule has 2 aromatic rings. The van der Waals surface area contributed by atoms with Gasteiger partial charge in [-0.05, 0) is 68.5 Å². The zero-order valence-electron chi connectivity index (χ0n) is 18.4. The smallest absolute Gasteiger partial charge is 0.261 e. The van der Waals surface area contributed by atoms with Crippen LogP contribution >= 0.6 is 11.6 Å². The van der Waals surface area contributed by atoms with E-state index in [2.05, 4.69) is 6.08 Å². The van der Waals surface area contributed by atoms with E-state index in [1.54, 1.807) is 36.4 Å². The number of allylic oxidation sites excluding steroid dienone is 1. The Balaban J connectivity index is 1.51. The lowest BCUT2D eigenvalue weighted by atomic mass is 9.97. The monoisotopic (exact) mass is 466 g/mol. The summed E-state index contributed by atoms with van der Waals surface area (Å²) in [6.45, 7) is 0.183. The van der Waals surface area contributed by atoms with Crippen molar-refractivity contribution >= 4 is 35.0 Å². The SMILES string of the molecule is O=C1CC(N(CCC2=CCCCC2)C(=O)COc2ccccc2)C(=O)N1c1ccc(Cl)cc1. The van der Waals surface area contributed by atoms with Crippen LogP contribution in [0.1, 0.15) is 38.5 Å². The van der Waals surface area contributed by atoms with Crippen molar-refractivity contribution < 1.29 is 19.1 Å². The van der Waals surface area contributed by atoms with E-state index in [0.717, 1.165) is 24.2 Å². The van der Waals surface area contributed by atoms with E-state index in [1.807, 2.05) is 18.2 Å². The van der Waals surface area contributed by atoms with Gasteiger partial charge in [0.15, 0.2) is 6.61 Å². The summed E-state index contributed by atoms with van der Waals surface area (Å²) in [5.41, 5.74) is 1.76. The Labute approximate surface area is 198 Å². The van der Waals surface area contributed by atoms with E-state index in [9.17, 15) is 14.4 Å². The zero-order chi connectivity index (χ0) is 23.2. The maximum atomic E-state index is 13.3. The molecule has 1 aliphatic carbocycles. The highest BCUT2D eigenvalue weighted by Gasteiger charge is 2.44. The number of rotatable bonds is 8. The lowest BCUT2D eigenvalue weighted by Crippen LogP contribution is -2.47. The predicted octanol–water partition coefficient (Wildman–Crippen LogP) is 4.77. The molecule has 0 aromatic heterocycles. The van der Waals surface area contributed by atoms with Crippen molar-refractivity contribution in [3.05, 3.63) is 71.3 Å². The lowest BCUT2D eigenvalue weighted by molar-refractivity contribution is -0.140. The number of carbonyl (C=O) groups excluding carboxylic acids is 3. The Hall–Kier alpha value is -3.12. The number of hydrogen-bond donors (Lipinski definition) is 0. The molecule has 1 saturated heterocycles. The van der Waals surface area contributed by atoms with Crippen molar-refractivity contribution in [3.8, 4) is 5.75 Å². The molecule has 1 heterocycles. The van der Waals surface area contributed by atoms with Gasteiger partial charge in [-0.3, -0.25) is 14.4 Å². The van der Waals surface area contributed by atoms with Crippen LogP contribution in [-0.2, 0) is 14.4 Å². The molecule has 0 saturated carbocycles. The summed E-state index contributed by atoms with van der Waals surface area (Å²) in [6.07, 6.45) is 7.26. The van der Waals surface area contributed by atoms with Crippen molar-refractivity contribution in [1.29, 1.82) is 0 Å². The summed E-state index contributed by atoms with van der Waals surface area (Å²) in [5.74, 6) is -0.448. The summed E-state index contributed by atoms with van der Waals surface area (Å²) >= 11 is 5.95. The molecule has 1 fully saturated rings. The molecule has 0 bridgehead atoms. The summed E-state index contributed by atoms with van der Waals surface area (Å²) in [4.78, 5) is 42.0. The minimum Gasteiger partial charge on any atom is -0.484 e. The fourth-order valence-electron chi connectivity index (χ4n) is 4.32. The van der Waals surface area contributed by atoms with Gasteiger partial charge in [0, 0.05) is 11.6 Å². The normalized spacial score (nSPS) is 18.3. The van der Waals surface area contributed by atoms with Gasteiger partial charge in [-0.2, -0.15) is 0 Å². The number of carbonyl (C=O) groups is 3. The Bertz CT molecular complexity index is 1040. The van der Waals surface area contributed by atoms with Crippen molar-refractivity contribution in [2.24, 2.45) is 0 Å². The van der Waals surface area contributed by atoms with Gasteiger partial charge in [0.1, 0.15) is 11.8 Å². The number of amides is 3. The van der Waals surface area contributed by atoms with E-state index in [0.29, 0.717) is 29.4 Å². The van der Waals surface area contributed by atoms with Crippen molar-refractivity contribution in [2.45, 2.75) is 44.6 Å². The van der Waals surface area contributed by atoms with Crippen LogP contribution in [0.2, 0.25) is 5.02 Å². The number of benzene rings is 2. The lowest BCUT2D eigenvalue weighted by Gasteiger charge is -2.28. The fourth-order valence-corrected chi connectivity index (χ4v) is 4.44. The molecule has 0 radical (unpaired) electrons. The highest BCUT2D eigenvalue weighted by molar-refractivity contribution is 6.30. The van der Waals surface area contributed by atoms with Gasteiger partial charge >= 0.3 is 0 Å². The molecule has 3 amide bonds. The molecule has 2 aromatic carbocycles. The molecular weight excluding hydrogens is 440 g/mol. The molecule has 4 rings (SSSR count). The van der Waals surface area contributed by atoms with E-state index in [1.165, 1.54) is 16.9 Å². The standard InChI is InChI=1S/C26H27ClN2O4/c27-20-11-13-21(14-12-20)29-24(30)17-23(26(29)32)28(16-15-19-7-3-1-4-8-19)25(31)18-33-22-9-5-2-6-10-22/h2,5-7,9-14,23H,1,3-4,8,15-18H2. The molecule has 1 aliphatic heterocycles. The number of anilines is 1. The second kappa shape index (κ2) is 10.7. The molecule has 1 unspecified atom stereocenters. The third-order valence-electron chi connectivity index (χ3n) is 6.07. The molecule has 0 N–H and O–H groups in total. The quantitative estimate of drug-likeness (QED) is 0.415. The van der Waals surface area contributed by atoms with Crippen LogP contribution in [0.25, 0.3) is 0 Å². The number of para-hydroxylation sites is 1. The second-order valence-corrected chi connectivity index (χ2v) is 8.75. The third-order valence-corrected chi connectivity index (χ3v) is 6.32. The summed E-state index contributed by atoms with van der Waals surface area (Å²) in [5, 5.41) is 0.519. The molecule has 6 nitrogen and oxygen atoms in total. The van der Waals surface area contributed by atoms with Crippen LogP contribution in [0.3, 0.4) is 0 Å². The van der Waals surface area contributed by atoms with Gasteiger partial charge in [0.05, 0.1) is 12.1 Å². The molecule has 33 heavy (non-hydrogen) atoms. The van der Waals surface area contributed by atoms with Crippen LogP contribution in [-0.4, -0.2) is 41.8 Å². The first-order chi connectivity index (χ1) is 16.0. The first kappa shape index (κ1) is 23.1. The number of hydrogen-bond acceptors (Lipinski definition) is 4. The van der Waals surface area contributed by atoms with Crippen molar-refractivity contribution in [2.75, 3.05) is 18.1 Å². The van der Waals surface area contributed by atoms with Gasteiger partial charge in [-0.25, -0.2) is 4.90 Å². The average molecular weight is 467 g/mol. The molecule has 0 spiro atoms. The van der Waals surface area contributed by atoms with Gasteiger partial charge in [-0.1, -0.05) is 41.4 Å².